The van der Waals surface area contributed by atoms with Crippen molar-refractivity contribution in [1.82, 2.24) is 5.32 Å². The fourth-order valence-electron chi connectivity index (χ4n) is 1.60. The van der Waals surface area contributed by atoms with Gasteiger partial charge in [-0.05, 0) is 12.1 Å². The lowest BCUT2D eigenvalue weighted by Crippen LogP contribution is -2.40. The van der Waals surface area contributed by atoms with Crippen molar-refractivity contribution in [3.05, 3.63) is 23.8 Å². The summed E-state index contributed by atoms with van der Waals surface area (Å²) < 4.78 is 15.3. The Balaban J connectivity index is 0.00000361. The molecule has 1 rings (SSSR count). The standard InChI is InChI=1S/C13H20N2O4.ClH/c1-17-10-5-4-9(11(6-10)18-2)8-15-13(16)12(7-14)19-3;/h4-6,12H,7-8,14H2,1-3H3,(H,15,16);1H. The minimum Gasteiger partial charge on any atom is -0.497 e. The lowest BCUT2D eigenvalue weighted by atomic mass is 10.2. The number of amides is 1. The molecular formula is C13H21ClN2O4. The fourth-order valence-corrected chi connectivity index (χ4v) is 1.60. The molecule has 0 aliphatic heterocycles. The molecule has 1 aromatic rings. The molecule has 114 valence electrons. The Kier molecular flexibility index (Phi) is 8.71. The van der Waals surface area contributed by atoms with Gasteiger partial charge in [-0.25, -0.2) is 0 Å². The van der Waals surface area contributed by atoms with E-state index in [9.17, 15) is 4.79 Å². The highest BCUT2D eigenvalue weighted by molar-refractivity contribution is 5.85. The van der Waals surface area contributed by atoms with Gasteiger partial charge in [0, 0.05) is 31.8 Å². The van der Waals surface area contributed by atoms with Crippen LogP contribution < -0.4 is 20.5 Å². The molecule has 0 saturated carbocycles. The van der Waals surface area contributed by atoms with Crippen LogP contribution in [0.2, 0.25) is 0 Å². The van der Waals surface area contributed by atoms with Crippen molar-refractivity contribution in [2.75, 3.05) is 27.9 Å². The van der Waals surface area contributed by atoms with E-state index < -0.39 is 6.10 Å². The summed E-state index contributed by atoms with van der Waals surface area (Å²) >= 11 is 0. The number of halogens is 1. The van der Waals surface area contributed by atoms with E-state index >= 15 is 0 Å². The fraction of sp³-hybridized carbons (Fsp3) is 0.462. The van der Waals surface area contributed by atoms with E-state index in [1.54, 1.807) is 26.4 Å². The average molecular weight is 305 g/mol. The zero-order valence-corrected chi connectivity index (χ0v) is 12.7. The van der Waals surface area contributed by atoms with Crippen LogP contribution in [0.4, 0.5) is 0 Å². The molecule has 1 atom stereocenters. The smallest absolute Gasteiger partial charge is 0.250 e. The SMILES string of the molecule is COc1ccc(CNC(=O)C(CN)OC)c(OC)c1.Cl. The van der Waals surface area contributed by atoms with E-state index in [0.29, 0.717) is 18.0 Å². The van der Waals surface area contributed by atoms with Gasteiger partial charge in [-0.15, -0.1) is 12.4 Å². The first-order valence-electron chi connectivity index (χ1n) is 5.87. The van der Waals surface area contributed by atoms with Crippen LogP contribution >= 0.6 is 12.4 Å². The lowest BCUT2D eigenvalue weighted by Gasteiger charge is -2.15. The molecule has 0 aliphatic rings. The number of hydrogen-bond acceptors (Lipinski definition) is 5. The highest BCUT2D eigenvalue weighted by Gasteiger charge is 2.15. The Hall–Kier alpha value is -1.50. The molecule has 0 bridgehead atoms. The zero-order chi connectivity index (χ0) is 14.3. The third kappa shape index (κ3) is 4.88. The van der Waals surface area contributed by atoms with Crippen molar-refractivity contribution >= 4 is 18.3 Å². The molecule has 3 N–H and O–H groups in total. The van der Waals surface area contributed by atoms with Crippen molar-refractivity contribution in [1.29, 1.82) is 0 Å². The van der Waals surface area contributed by atoms with Crippen LogP contribution in [0.3, 0.4) is 0 Å². The van der Waals surface area contributed by atoms with Crippen molar-refractivity contribution in [3.8, 4) is 11.5 Å². The molecule has 0 aliphatic carbocycles. The minimum atomic E-state index is -0.635. The van der Waals surface area contributed by atoms with Crippen LogP contribution in [0.1, 0.15) is 5.56 Å². The third-order valence-electron chi connectivity index (χ3n) is 2.74. The van der Waals surface area contributed by atoms with E-state index in [0.717, 1.165) is 5.56 Å². The van der Waals surface area contributed by atoms with Crippen molar-refractivity contribution in [2.24, 2.45) is 5.73 Å². The van der Waals surface area contributed by atoms with Gasteiger partial charge in [0.1, 0.15) is 17.6 Å². The summed E-state index contributed by atoms with van der Waals surface area (Å²) in [4.78, 5) is 11.7. The molecule has 0 fully saturated rings. The summed E-state index contributed by atoms with van der Waals surface area (Å²) in [5.41, 5.74) is 6.27. The molecule has 0 radical (unpaired) electrons. The highest BCUT2D eigenvalue weighted by Crippen LogP contribution is 2.24. The van der Waals surface area contributed by atoms with Crippen LogP contribution in [0.5, 0.6) is 11.5 Å². The number of rotatable bonds is 7. The largest absolute Gasteiger partial charge is 0.497 e. The van der Waals surface area contributed by atoms with E-state index in [1.807, 2.05) is 6.07 Å². The minimum absolute atomic E-state index is 0. The predicted octanol–water partition coefficient (Wildman–Crippen LogP) is 0.715. The number of methoxy groups -OCH3 is 3. The van der Waals surface area contributed by atoms with Gasteiger partial charge in [0.2, 0.25) is 0 Å². The second kappa shape index (κ2) is 9.41. The number of hydrogen-bond donors (Lipinski definition) is 2. The quantitative estimate of drug-likeness (QED) is 0.775. The van der Waals surface area contributed by atoms with E-state index in [1.165, 1.54) is 7.11 Å². The van der Waals surface area contributed by atoms with Crippen LogP contribution in [-0.4, -0.2) is 39.9 Å². The van der Waals surface area contributed by atoms with E-state index in [4.69, 9.17) is 19.9 Å². The summed E-state index contributed by atoms with van der Waals surface area (Å²) in [5, 5.41) is 2.75. The maximum Gasteiger partial charge on any atom is 0.250 e. The second-order valence-electron chi connectivity index (χ2n) is 3.86. The predicted molar refractivity (Wildman–Crippen MR) is 78.5 cm³/mol. The number of nitrogens with two attached hydrogens (primary N) is 1. The lowest BCUT2D eigenvalue weighted by molar-refractivity contribution is -0.130. The van der Waals surface area contributed by atoms with Crippen LogP contribution in [-0.2, 0) is 16.1 Å². The highest BCUT2D eigenvalue weighted by atomic mass is 35.5. The van der Waals surface area contributed by atoms with E-state index in [-0.39, 0.29) is 24.9 Å². The molecule has 1 amide bonds. The van der Waals surface area contributed by atoms with Gasteiger partial charge < -0.3 is 25.3 Å². The Bertz CT molecular complexity index is 425. The van der Waals surface area contributed by atoms with Crippen molar-refractivity contribution in [3.63, 3.8) is 0 Å². The van der Waals surface area contributed by atoms with Crippen LogP contribution in [0.15, 0.2) is 18.2 Å². The number of carbonyl (C=O) groups excluding carboxylic acids is 1. The Morgan fingerprint density at radius 3 is 2.50 bits per heavy atom. The van der Waals surface area contributed by atoms with Crippen molar-refractivity contribution in [2.45, 2.75) is 12.6 Å². The molecule has 0 heterocycles. The van der Waals surface area contributed by atoms with Gasteiger partial charge in [0.15, 0.2) is 0 Å². The maximum atomic E-state index is 11.7. The molecule has 1 unspecified atom stereocenters. The maximum absolute atomic E-state index is 11.7. The van der Waals surface area contributed by atoms with Gasteiger partial charge in [-0.1, -0.05) is 0 Å². The number of carbonyl (C=O) groups is 1. The second-order valence-corrected chi connectivity index (χ2v) is 3.86. The monoisotopic (exact) mass is 304 g/mol. The van der Waals surface area contributed by atoms with Gasteiger partial charge >= 0.3 is 0 Å². The summed E-state index contributed by atoms with van der Waals surface area (Å²) in [6, 6.07) is 5.40. The topological polar surface area (TPSA) is 82.8 Å². The first-order valence-corrected chi connectivity index (χ1v) is 5.87. The summed E-state index contributed by atoms with van der Waals surface area (Å²) in [6.07, 6.45) is -0.635. The van der Waals surface area contributed by atoms with Gasteiger partial charge in [-0.2, -0.15) is 0 Å². The summed E-state index contributed by atoms with van der Waals surface area (Å²) in [6.45, 7) is 0.480. The summed E-state index contributed by atoms with van der Waals surface area (Å²) in [5.74, 6) is 1.10. The first kappa shape index (κ1) is 18.5. The number of ether oxygens (including phenoxy) is 3. The molecular weight excluding hydrogens is 284 g/mol. The van der Waals surface area contributed by atoms with Crippen LogP contribution in [0.25, 0.3) is 0 Å². The van der Waals surface area contributed by atoms with Crippen molar-refractivity contribution < 1.29 is 19.0 Å². The number of benzene rings is 1. The van der Waals surface area contributed by atoms with E-state index in [2.05, 4.69) is 5.32 Å². The molecule has 0 spiro atoms. The molecule has 0 saturated heterocycles. The Morgan fingerprint density at radius 1 is 1.30 bits per heavy atom. The molecule has 7 heteroatoms. The van der Waals surface area contributed by atoms with Gasteiger partial charge in [-0.3, -0.25) is 4.79 Å². The molecule has 20 heavy (non-hydrogen) atoms. The van der Waals surface area contributed by atoms with Gasteiger partial charge in [0.05, 0.1) is 14.2 Å². The Morgan fingerprint density at radius 2 is 2.00 bits per heavy atom. The summed E-state index contributed by atoms with van der Waals surface area (Å²) in [7, 11) is 4.60. The molecule has 6 nitrogen and oxygen atoms in total. The molecule has 0 aromatic heterocycles. The molecule has 1 aromatic carbocycles. The Labute approximate surface area is 125 Å². The van der Waals surface area contributed by atoms with Gasteiger partial charge in [0.25, 0.3) is 5.91 Å². The zero-order valence-electron chi connectivity index (χ0n) is 11.8. The first-order chi connectivity index (χ1) is 9.15. The third-order valence-corrected chi connectivity index (χ3v) is 2.74. The normalized spacial score (nSPS) is 11.2. The average Bonchev–Trinajstić information content (AvgIpc) is 2.46. The number of nitrogens with one attached hydrogen (secondary N) is 1. The van der Waals surface area contributed by atoms with Crippen LogP contribution in [0, 0.1) is 0 Å².